The molecule has 5 heteroatoms. The zero-order chi connectivity index (χ0) is 10.8. The van der Waals surface area contributed by atoms with Crippen LogP contribution in [0.4, 0.5) is 5.69 Å². The Morgan fingerprint density at radius 1 is 1.53 bits per heavy atom. The van der Waals surface area contributed by atoms with E-state index in [0.717, 1.165) is 4.47 Å². The molecule has 4 nitrogen and oxygen atoms in total. The van der Waals surface area contributed by atoms with Crippen molar-refractivity contribution in [1.29, 1.82) is 0 Å². The summed E-state index contributed by atoms with van der Waals surface area (Å²) in [6, 6.07) is 5.07. The average Bonchev–Trinajstić information content (AvgIpc) is 2.11. The fraction of sp³-hybridized carbons (Fsp3) is 0.300. The number of esters is 1. The van der Waals surface area contributed by atoms with Crippen LogP contribution in [0.3, 0.4) is 0 Å². The lowest BCUT2D eigenvalue weighted by Crippen LogP contribution is -2.37. The number of halogens is 1. The number of rotatable bonds is 2. The van der Waals surface area contributed by atoms with Crippen LogP contribution in [-0.4, -0.2) is 25.3 Å². The number of nitrogen functional groups attached to an aromatic ring is 1. The predicted octanol–water partition coefficient (Wildman–Crippen LogP) is 1.59. The minimum Gasteiger partial charge on any atom is -0.454 e. The number of ether oxygens (including phenoxy) is 2. The largest absolute Gasteiger partial charge is 0.454 e. The molecule has 1 aliphatic rings. The van der Waals surface area contributed by atoms with Gasteiger partial charge in [0.25, 0.3) is 0 Å². The first-order valence-corrected chi connectivity index (χ1v) is 5.30. The lowest BCUT2D eigenvalue weighted by atomic mass is 10.2. The van der Waals surface area contributed by atoms with Crippen molar-refractivity contribution in [1.82, 2.24) is 0 Å². The zero-order valence-corrected chi connectivity index (χ0v) is 9.49. The van der Waals surface area contributed by atoms with E-state index in [2.05, 4.69) is 15.9 Å². The first kappa shape index (κ1) is 10.4. The Morgan fingerprint density at radius 3 is 2.80 bits per heavy atom. The molecule has 0 saturated carbocycles. The SMILES string of the molecule is Nc1cc(Br)ccc1C(=O)OC1COC1. The average molecular weight is 272 g/mol. The zero-order valence-electron chi connectivity index (χ0n) is 7.90. The van der Waals surface area contributed by atoms with E-state index in [9.17, 15) is 4.79 Å². The van der Waals surface area contributed by atoms with Crippen molar-refractivity contribution < 1.29 is 14.3 Å². The third kappa shape index (κ3) is 2.30. The molecule has 1 aliphatic heterocycles. The Labute approximate surface area is 95.5 Å². The molecule has 0 spiro atoms. The van der Waals surface area contributed by atoms with E-state index < -0.39 is 5.97 Å². The Bertz CT molecular complexity index is 390. The monoisotopic (exact) mass is 271 g/mol. The minimum absolute atomic E-state index is 0.124. The van der Waals surface area contributed by atoms with Gasteiger partial charge in [-0.1, -0.05) is 15.9 Å². The van der Waals surface area contributed by atoms with Crippen molar-refractivity contribution in [3.63, 3.8) is 0 Å². The number of benzene rings is 1. The second kappa shape index (κ2) is 4.20. The Morgan fingerprint density at radius 2 is 2.27 bits per heavy atom. The molecule has 1 saturated heterocycles. The molecule has 0 aliphatic carbocycles. The maximum Gasteiger partial charge on any atom is 0.340 e. The minimum atomic E-state index is -0.395. The molecule has 0 bridgehead atoms. The summed E-state index contributed by atoms with van der Waals surface area (Å²) in [5.41, 5.74) is 6.50. The van der Waals surface area contributed by atoms with Crippen LogP contribution in [0.2, 0.25) is 0 Å². The third-order valence-corrected chi connectivity index (χ3v) is 2.61. The van der Waals surface area contributed by atoms with Gasteiger partial charge < -0.3 is 15.2 Å². The number of hydrogen-bond donors (Lipinski definition) is 1. The third-order valence-electron chi connectivity index (χ3n) is 2.11. The molecule has 0 radical (unpaired) electrons. The Kier molecular flexibility index (Phi) is 2.93. The van der Waals surface area contributed by atoms with E-state index in [4.69, 9.17) is 15.2 Å². The van der Waals surface area contributed by atoms with Gasteiger partial charge in [-0.05, 0) is 18.2 Å². The highest BCUT2D eigenvalue weighted by Gasteiger charge is 2.24. The number of carbonyl (C=O) groups is 1. The molecule has 1 fully saturated rings. The molecular formula is C10H10BrNO3. The first-order chi connectivity index (χ1) is 7.16. The molecule has 15 heavy (non-hydrogen) atoms. The number of hydrogen-bond acceptors (Lipinski definition) is 4. The summed E-state index contributed by atoms with van der Waals surface area (Å²) in [4.78, 5) is 11.6. The molecule has 1 aromatic carbocycles. The van der Waals surface area contributed by atoms with Crippen molar-refractivity contribution in [2.75, 3.05) is 18.9 Å². The van der Waals surface area contributed by atoms with Gasteiger partial charge in [-0.2, -0.15) is 0 Å². The standard InChI is InChI=1S/C10H10BrNO3/c11-6-1-2-8(9(12)3-6)10(13)15-7-4-14-5-7/h1-3,7H,4-5,12H2. The summed E-state index contributed by atoms with van der Waals surface area (Å²) in [6.07, 6.45) is -0.124. The van der Waals surface area contributed by atoms with Crippen LogP contribution in [0.5, 0.6) is 0 Å². The van der Waals surface area contributed by atoms with Gasteiger partial charge in [-0.3, -0.25) is 0 Å². The van der Waals surface area contributed by atoms with E-state index in [0.29, 0.717) is 24.5 Å². The topological polar surface area (TPSA) is 61.6 Å². The van der Waals surface area contributed by atoms with E-state index in [1.54, 1.807) is 18.2 Å². The van der Waals surface area contributed by atoms with Gasteiger partial charge in [0.2, 0.25) is 0 Å². The summed E-state index contributed by atoms with van der Waals surface area (Å²) in [7, 11) is 0. The number of nitrogens with two attached hydrogens (primary N) is 1. The molecule has 0 amide bonds. The van der Waals surface area contributed by atoms with Gasteiger partial charge in [0.15, 0.2) is 0 Å². The molecule has 0 atom stereocenters. The van der Waals surface area contributed by atoms with Gasteiger partial charge in [0, 0.05) is 10.2 Å². The van der Waals surface area contributed by atoms with Crippen LogP contribution in [-0.2, 0) is 9.47 Å². The quantitative estimate of drug-likeness (QED) is 0.656. The molecule has 1 heterocycles. The normalized spacial score (nSPS) is 15.8. The number of anilines is 1. The van der Waals surface area contributed by atoms with Crippen molar-refractivity contribution in [2.45, 2.75) is 6.10 Å². The van der Waals surface area contributed by atoms with Gasteiger partial charge in [0.05, 0.1) is 18.8 Å². The van der Waals surface area contributed by atoms with Crippen molar-refractivity contribution in [2.24, 2.45) is 0 Å². The van der Waals surface area contributed by atoms with E-state index >= 15 is 0 Å². The van der Waals surface area contributed by atoms with Gasteiger partial charge in [-0.15, -0.1) is 0 Å². The van der Waals surface area contributed by atoms with Gasteiger partial charge in [-0.25, -0.2) is 4.79 Å². The Hall–Kier alpha value is -1.07. The number of carbonyl (C=O) groups excluding carboxylic acids is 1. The molecule has 0 unspecified atom stereocenters. The highest BCUT2D eigenvalue weighted by molar-refractivity contribution is 9.10. The summed E-state index contributed by atoms with van der Waals surface area (Å²) in [5, 5.41) is 0. The Balaban J connectivity index is 2.10. The highest BCUT2D eigenvalue weighted by Crippen LogP contribution is 2.20. The lowest BCUT2D eigenvalue weighted by Gasteiger charge is -2.25. The lowest BCUT2D eigenvalue weighted by molar-refractivity contribution is -0.103. The maximum atomic E-state index is 11.6. The fourth-order valence-corrected chi connectivity index (χ4v) is 1.60. The maximum absolute atomic E-state index is 11.6. The van der Waals surface area contributed by atoms with Crippen LogP contribution < -0.4 is 5.73 Å². The summed E-state index contributed by atoms with van der Waals surface area (Å²) in [5.74, 6) is -0.395. The van der Waals surface area contributed by atoms with Crippen LogP contribution >= 0.6 is 15.9 Å². The van der Waals surface area contributed by atoms with Crippen molar-refractivity contribution >= 4 is 27.6 Å². The van der Waals surface area contributed by atoms with Crippen molar-refractivity contribution in [3.8, 4) is 0 Å². The second-order valence-electron chi connectivity index (χ2n) is 3.30. The molecule has 1 aromatic rings. The van der Waals surface area contributed by atoms with Crippen molar-refractivity contribution in [3.05, 3.63) is 28.2 Å². The predicted molar refractivity (Wildman–Crippen MR) is 58.6 cm³/mol. The molecule has 80 valence electrons. The van der Waals surface area contributed by atoms with Gasteiger partial charge in [0.1, 0.15) is 6.10 Å². The smallest absolute Gasteiger partial charge is 0.340 e. The molecule has 2 N–H and O–H groups in total. The van der Waals surface area contributed by atoms with Crippen LogP contribution in [0.25, 0.3) is 0 Å². The molecular weight excluding hydrogens is 262 g/mol. The van der Waals surface area contributed by atoms with Gasteiger partial charge >= 0.3 is 5.97 Å². The second-order valence-corrected chi connectivity index (χ2v) is 4.21. The summed E-state index contributed by atoms with van der Waals surface area (Å²) < 4.78 is 10.9. The van der Waals surface area contributed by atoms with E-state index in [-0.39, 0.29) is 6.10 Å². The van der Waals surface area contributed by atoms with E-state index in [1.165, 1.54) is 0 Å². The first-order valence-electron chi connectivity index (χ1n) is 4.50. The molecule has 0 aromatic heterocycles. The van der Waals surface area contributed by atoms with Crippen LogP contribution in [0.15, 0.2) is 22.7 Å². The summed E-state index contributed by atoms with van der Waals surface area (Å²) in [6.45, 7) is 0.949. The van der Waals surface area contributed by atoms with Crippen LogP contribution in [0.1, 0.15) is 10.4 Å². The molecule has 2 rings (SSSR count). The van der Waals surface area contributed by atoms with Crippen LogP contribution in [0, 0.1) is 0 Å². The highest BCUT2D eigenvalue weighted by atomic mass is 79.9. The van der Waals surface area contributed by atoms with E-state index in [1.807, 2.05) is 0 Å². The summed E-state index contributed by atoms with van der Waals surface area (Å²) >= 11 is 3.27. The fourth-order valence-electron chi connectivity index (χ4n) is 1.22.